The first kappa shape index (κ1) is 12.0. The molecule has 0 fully saturated rings. The molecule has 0 unspecified atom stereocenters. The average Bonchev–Trinajstić information content (AvgIpc) is 2.69. The second-order valence-electron chi connectivity index (χ2n) is 3.73. The highest BCUT2D eigenvalue weighted by Gasteiger charge is 2.18. The van der Waals surface area contributed by atoms with Crippen molar-refractivity contribution in [2.24, 2.45) is 7.05 Å². The van der Waals surface area contributed by atoms with Crippen molar-refractivity contribution < 1.29 is 9.66 Å². The van der Waals surface area contributed by atoms with Crippen molar-refractivity contribution in [3.63, 3.8) is 0 Å². The molecule has 0 aliphatic carbocycles. The van der Waals surface area contributed by atoms with Crippen LogP contribution in [0.4, 0.5) is 5.69 Å². The highest BCUT2D eigenvalue weighted by molar-refractivity contribution is 5.58. The lowest BCUT2D eigenvalue weighted by molar-refractivity contribution is -0.386. The highest BCUT2D eigenvalue weighted by Crippen LogP contribution is 2.28. The SMILES string of the molecule is COc1nc(-c2cnc(C)n2C)ccc1[N+](=O)[O-]. The van der Waals surface area contributed by atoms with Gasteiger partial charge in [0.2, 0.25) is 0 Å². The van der Waals surface area contributed by atoms with Gasteiger partial charge in [0.05, 0.1) is 29.6 Å². The molecule has 7 nitrogen and oxygen atoms in total. The summed E-state index contributed by atoms with van der Waals surface area (Å²) in [6, 6.07) is 2.96. The van der Waals surface area contributed by atoms with E-state index in [0.717, 1.165) is 11.5 Å². The first-order valence-corrected chi connectivity index (χ1v) is 5.22. The van der Waals surface area contributed by atoms with Crippen molar-refractivity contribution in [3.8, 4) is 17.3 Å². The highest BCUT2D eigenvalue weighted by atomic mass is 16.6. The number of ether oxygens (including phenoxy) is 1. The van der Waals surface area contributed by atoms with Gasteiger partial charge < -0.3 is 9.30 Å². The van der Waals surface area contributed by atoms with Gasteiger partial charge in [0.25, 0.3) is 5.88 Å². The minimum atomic E-state index is -0.524. The fraction of sp³-hybridized carbons (Fsp3) is 0.273. The van der Waals surface area contributed by atoms with Crippen molar-refractivity contribution in [2.45, 2.75) is 6.92 Å². The van der Waals surface area contributed by atoms with E-state index in [1.165, 1.54) is 13.2 Å². The Morgan fingerprint density at radius 3 is 2.67 bits per heavy atom. The molecule has 0 radical (unpaired) electrons. The molecule has 0 atom stereocenters. The Labute approximate surface area is 103 Å². The standard InChI is InChI=1S/C11H12N4O3/c1-7-12-6-10(14(7)2)8-4-5-9(15(16)17)11(13-8)18-3/h4-6H,1-3H3. The van der Waals surface area contributed by atoms with E-state index in [1.807, 2.05) is 18.5 Å². The molecular weight excluding hydrogens is 236 g/mol. The average molecular weight is 248 g/mol. The second kappa shape index (κ2) is 4.44. The van der Waals surface area contributed by atoms with Gasteiger partial charge in [0.15, 0.2) is 0 Å². The first-order chi connectivity index (χ1) is 8.54. The number of rotatable bonds is 3. The van der Waals surface area contributed by atoms with Gasteiger partial charge >= 0.3 is 5.69 Å². The van der Waals surface area contributed by atoms with Gasteiger partial charge in [-0.15, -0.1) is 0 Å². The monoisotopic (exact) mass is 248 g/mol. The van der Waals surface area contributed by atoms with Gasteiger partial charge in [0, 0.05) is 13.1 Å². The van der Waals surface area contributed by atoms with Crippen LogP contribution in [0.2, 0.25) is 0 Å². The molecule has 0 saturated carbocycles. The zero-order valence-electron chi connectivity index (χ0n) is 10.2. The van der Waals surface area contributed by atoms with Crippen molar-refractivity contribution in [3.05, 3.63) is 34.3 Å². The fourth-order valence-corrected chi connectivity index (χ4v) is 1.60. The Bertz CT molecular complexity index is 606. The maximum atomic E-state index is 10.8. The molecule has 0 bridgehead atoms. The number of nitro groups is 1. The molecule has 2 aromatic rings. The van der Waals surface area contributed by atoms with Crippen LogP contribution < -0.4 is 4.74 Å². The molecule has 0 N–H and O–H groups in total. The second-order valence-corrected chi connectivity index (χ2v) is 3.73. The van der Waals surface area contributed by atoms with E-state index in [4.69, 9.17) is 4.74 Å². The number of pyridine rings is 1. The smallest absolute Gasteiger partial charge is 0.330 e. The lowest BCUT2D eigenvalue weighted by Crippen LogP contribution is -2.00. The van der Waals surface area contributed by atoms with E-state index >= 15 is 0 Å². The lowest BCUT2D eigenvalue weighted by atomic mass is 10.2. The minimum Gasteiger partial charge on any atom is -0.476 e. The van der Waals surface area contributed by atoms with Crippen LogP contribution >= 0.6 is 0 Å². The van der Waals surface area contributed by atoms with Gasteiger partial charge in [-0.1, -0.05) is 0 Å². The zero-order chi connectivity index (χ0) is 13.3. The zero-order valence-corrected chi connectivity index (χ0v) is 10.2. The van der Waals surface area contributed by atoms with Gasteiger partial charge in [-0.2, -0.15) is 0 Å². The van der Waals surface area contributed by atoms with Crippen LogP contribution in [0.5, 0.6) is 5.88 Å². The Hall–Kier alpha value is -2.44. The summed E-state index contributed by atoms with van der Waals surface area (Å²) in [5.74, 6) is 0.834. The van der Waals surface area contributed by atoms with E-state index in [-0.39, 0.29) is 11.6 Å². The third-order valence-corrected chi connectivity index (χ3v) is 2.71. The Kier molecular flexibility index (Phi) is 2.97. The third-order valence-electron chi connectivity index (χ3n) is 2.71. The molecule has 0 aliphatic rings. The molecule has 0 aliphatic heterocycles. The largest absolute Gasteiger partial charge is 0.476 e. The summed E-state index contributed by atoms with van der Waals surface area (Å²) in [6.07, 6.45) is 1.67. The summed E-state index contributed by atoms with van der Waals surface area (Å²) in [7, 11) is 3.21. The Morgan fingerprint density at radius 1 is 1.44 bits per heavy atom. The maximum Gasteiger partial charge on any atom is 0.330 e. The molecule has 2 heterocycles. The number of hydrogen-bond donors (Lipinski definition) is 0. The molecule has 0 amide bonds. The van der Waals surface area contributed by atoms with Crippen LogP contribution in [-0.2, 0) is 7.05 Å². The summed E-state index contributed by atoms with van der Waals surface area (Å²) < 4.78 is 6.79. The van der Waals surface area contributed by atoms with Crippen molar-refractivity contribution in [1.82, 2.24) is 14.5 Å². The van der Waals surface area contributed by atoms with Gasteiger partial charge in [-0.3, -0.25) is 10.1 Å². The molecule has 0 aromatic carbocycles. The molecule has 18 heavy (non-hydrogen) atoms. The third kappa shape index (κ3) is 1.90. The van der Waals surface area contributed by atoms with E-state index in [9.17, 15) is 10.1 Å². The van der Waals surface area contributed by atoms with E-state index < -0.39 is 4.92 Å². The molecule has 7 heteroatoms. The Balaban J connectivity index is 2.54. The topological polar surface area (TPSA) is 83.1 Å². The summed E-state index contributed by atoms with van der Waals surface area (Å²) in [5.41, 5.74) is 1.21. The van der Waals surface area contributed by atoms with Gasteiger partial charge in [0.1, 0.15) is 5.82 Å². The summed E-state index contributed by atoms with van der Waals surface area (Å²) in [5, 5.41) is 10.8. The van der Waals surface area contributed by atoms with E-state index in [2.05, 4.69) is 9.97 Å². The molecule has 2 rings (SSSR count). The van der Waals surface area contributed by atoms with Gasteiger partial charge in [-0.25, -0.2) is 9.97 Å². The number of aromatic nitrogens is 3. The van der Waals surface area contributed by atoms with Crippen molar-refractivity contribution in [2.75, 3.05) is 7.11 Å². The first-order valence-electron chi connectivity index (χ1n) is 5.22. The molecule has 0 saturated heterocycles. The maximum absolute atomic E-state index is 10.8. The summed E-state index contributed by atoms with van der Waals surface area (Å²) in [6.45, 7) is 1.87. The minimum absolute atomic E-state index is 0.00338. The van der Waals surface area contributed by atoms with Crippen molar-refractivity contribution in [1.29, 1.82) is 0 Å². The normalized spacial score (nSPS) is 10.4. The quantitative estimate of drug-likeness (QED) is 0.609. The van der Waals surface area contributed by atoms with Crippen LogP contribution in [0.1, 0.15) is 5.82 Å². The molecule has 94 valence electrons. The molecular formula is C11H12N4O3. The number of nitrogens with zero attached hydrogens (tertiary/aromatic N) is 4. The number of imidazole rings is 1. The molecule has 0 spiro atoms. The fourth-order valence-electron chi connectivity index (χ4n) is 1.60. The lowest BCUT2D eigenvalue weighted by Gasteiger charge is -2.05. The Morgan fingerprint density at radius 2 is 2.17 bits per heavy atom. The predicted octanol–water partition coefficient (Wildman–Crippen LogP) is 1.71. The molecule has 2 aromatic heterocycles. The summed E-state index contributed by atoms with van der Waals surface area (Å²) >= 11 is 0. The number of aryl methyl sites for hydroxylation is 1. The predicted molar refractivity (Wildman–Crippen MR) is 64.4 cm³/mol. The van der Waals surface area contributed by atoms with Crippen LogP contribution in [0.3, 0.4) is 0 Å². The van der Waals surface area contributed by atoms with E-state index in [1.54, 1.807) is 12.3 Å². The van der Waals surface area contributed by atoms with Gasteiger partial charge in [-0.05, 0) is 13.0 Å². The summed E-state index contributed by atoms with van der Waals surface area (Å²) in [4.78, 5) is 18.5. The van der Waals surface area contributed by atoms with Crippen LogP contribution in [-0.4, -0.2) is 26.6 Å². The van der Waals surface area contributed by atoms with Crippen LogP contribution in [0.25, 0.3) is 11.4 Å². The van der Waals surface area contributed by atoms with Crippen LogP contribution in [0.15, 0.2) is 18.3 Å². The number of hydrogen-bond acceptors (Lipinski definition) is 5. The van der Waals surface area contributed by atoms with E-state index in [0.29, 0.717) is 5.69 Å². The van der Waals surface area contributed by atoms with Crippen molar-refractivity contribution >= 4 is 5.69 Å². The van der Waals surface area contributed by atoms with Crippen LogP contribution in [0, 0.1) is 17.0 Å². The number of methoxy groups -OCH3 is 1.